The average molecular weight is 320 g/mol. The lowest BCUT2D eigenvalue weighted by molar-refractivity contribution is -0.131. The van der Waals surface area contributed by atoms with E-state index in [-0.39, 0.29) is 18.2 Å². The van der Waals surface area contributed by atoms with E-state index in [1.54, 1.807) is 28.1 Å². The first-order valence-corrected chi connectivity index (χ1v) is 7.99. The van der Waals surface area contributed by atoms with Crippen LogP contribution in [0.1, 0.15) is 30.7 Å². The molecule has 1 amide bonds. The van der Waals surface area contributed by atoms with Crippen LogP contribution in [0.15, 0.2) is 30.9 Å². The van der Waals surface area contributed by atoms with Crippen molar-refractivity contribution in [2.45, 2.75) is 25.2 Å². The fourth-order valence-electron chi connectivity index (χ4n) is 3.52. The molecular weight excluding hydrogens is 304 g/mol. The Labute approximate surface area is 138 Å². The monoisotopic (exact) mass is 320 g/mol. The number of piperidine rings is 1. The number of fused-ring (bicyclic) bond motifs is 3. The summed E-state index contributed by atoms with van der Waals surface area (Å²) in [6.07, 6.45) is 7.06. The van der Waals surface area contributed by atoms with Crippen molar-refractivity contribution in [2.75, 3.05) is 13.1 Å². The Hall–Kier alpha value is -3.01. The lowest BCUT2D eigenvalue weighted by atomic mass is 9.89. The van der Waals surface area contributed by atoms with E-state index >= 15 is 0 Å². The highest BCUT2D eigenvalue weighted by atomic mass is 16.2. The fraction of sp³-hybridized carbons (Fsp3) is 0.353. The predicted octanol–water partition coefficient (Wildman–Crippen LogP) is 1.90. The minimum atomic E-state index is -0.0896. The van der Waals surface area contributed by atoms with Crippen LogP contribution in [0.25, 0.3) is 16.6 Å². The van der Waals surface area contributed by atoms with Gasteiger partial charge in [-0.05, 0) is 30.5 Å². The third-order valence-electron chi connectivity index (χ3n) is 4.62. The van der Waals surface area contributed by atoms with Crippen LogP contribution in [0.3, 0.4) is 0 Å². The van der Waals surface area contributed by atoms with E-state index in [1.165, 1.54) is 0 Å². The normalized spacial score (nSPS) is 18.0. The molecule has 0 N–H and O–H groups in total. The summed E-state index contributed by atoms with van der Waals surface area (Å²) in [5, 5.41) is 14.0. The number of aromatic nitrogens is 4. The van der Waals surface area contributed by atoms with E-state index in [1.807, 2.05) is 18.2 Å². The highest BCUT2D eigenvalue weighted by molar-refractivity contribution is 5.94. The standard InChI is InChI=1S/C17H16N6O/c18-6-3-15(24)22-9-1-2-12(10-22)13-4-7-19-17-16(13)14-5-8-21-23(14)11-20-17/h4-5,7-8,11-12H,1-3,9-10H2. The number of hydrogen-bond acceptors (Lipinski definition) is 5. The molecule has 7 nitrogen and oxygen atoms in total. The number of hydrogen-bond donors (Lipinski definition) is 0. The van der Waals surface area contributed by atoms with Gasteiger partial charge in [0, 0.05) is 30.6 Å². The van der Waals surface area contributed by atoms with Gasteiger partial charge in [0.2, 0.25) is 5.91 Å². The van der Waals surface area contributed by atoms with E-state index in [9.17, 15) is 4.79 Å². The van der Waals surface area contributed by atoms with Crippen LogP contribution in [-0.2, 0) is 4.79 Å². The van der Waals surface area contributed by atoms with Crippen molar-refractivity contribution in [1.29, 1.82) is 5.26 Å². The predicted molar refractivity (Wildman–Crippen MR) is 87.1 cm³/mol. The van der Waals surface area contributed by atoms with Crippen LogP contribution < -0.4 is 0 Å². The summed E-state index contributed by atoms with van der Waals surface area (Å²) in [6.45, 7) is 1.36. The number of likely N-dealkylation sites (tertiary alicyclic amines) is 1. The SMILES string of the molecule is N#CCC(=O)N1CCCC(c2ccnc3ncn4nccc4c23)C1. The van der Waals surface area contributed by atoms with Crippen molar-refractivity contribution in [2.24, 2.45) is 0 Å². The summed E-state index contributed by atoms with van der Waals surface area (Å²) < 4.78 is 1.74. The van der Waals surface area contributed by atoms with Gasteiger partial charge in [0.15, 0.2) is 5.65 Å². The summed E-state index contributed by atoms with van der Waals surface area (Å²) in [5.41, 5.74) is 2.82. The van der Waals surface area contributed by atoms with Gasteiger partial charge in [-0.3, -0.25) is 4.79 Å². The van der Waals surface area contributed by atoms with Crippen LogP contribution in [0, 0.1) is 11.3 Å². The molecule has 120 valence electrons. The zero-order chi connectivity index (χ0) is 16.5. The third kappa shape index (κ3) is 2.36. The second kappa shape index (κ2) is 5.89. The van der Waals surface area contributed by atoms with E-state index in [2.05, 4.69) is 15.1 Å². The van der Waals surface area contributed by atoms with Gasteiger partial charge in [0.25, 0.3) is 0 Å². The third-order valence-corrected chi connectivity index (χ3v) is 4.62. The lowest BCUT2D eigenvalue weighted by Gasteiger charge is -2.33. The first-order chi connectivity index (χ1) is 11.8. The number of nitrogens with zero attached hydrogens (tertiary/aromatic N) is 6. The Morgan fingerprint density at radius 3 is 3.12 bits per heavy atom. The second-order valence-electron chi connectivity index (χ2n) is 6.02. The zero-order valence-electron chi connectivity index (χ0n) is 13.1. The molecule has 1 aliphatic rings. The molecule has 0 bridgehead atoms. The molecule has 0 saturated carbocycles. The molecule has 0 spiro atoms. The molecule has 1 saturated heterocycles. The van der Waals surface area contributed by atoms with Crippen LogP contribution in [-0.4, -0.2) is 43.5 Å². The van der Waals surface area contributed by atoms with Gasteiger partial charge < -0.3 is 4.90 Å². The second-order valence-corrected chi connectivity index (χ2v) is 6.02. The van der Waals surface area contributed by atoms with Gasteiger partial charge in [-0.1, -0.05) is 0 Å². The van der Waals surface area contributed by atoms with E-state index in [0.717, 1.165) is 35.9 Å². The van der Waals surface area contributed by atoms with Crippen LogP contribution in [0.4, 0.5) is 0 Å². The number of pyridine rings is 1. The van der Waals surface area contributed by atoms with Crippen LogP contribution >= 0.6 is 0 Å². The minimum Gasteiger partial charge on any atom is -0.341 e. The molecule has 7 heteroatoms. The number of amides is 1. The van der Waals surface area contributed by atoms with Gasteiger partial charge in [0.1, 0.15) is 12.7 Å². The van der Waals surface area contributed by atoms with Crippen molar-refractivity contribution in [3.8, 4) is 6.07 Å². The Balaban J connectivity index is 1.77. The Morgan fingerprint density at radius 1 is 1.33 bits per heavy atom. The molecule has 0 aliphatic carbocycles. The maximum atomic E-state index is 12.1. The first-order valence-electron chi connectivity index (χ1n) is 7.99. The summed E-state index contributed by atoms with van der Waals surface area (Å²) in [6, 6.07) is 5.92. The van der Waals surface area contributed by atoms with E-state index < -0.39 is 0 Å². The fourth-order valence-corrected chi connectivity index (χ4v) is 3.52. The Bertz CT molecular complexity index is 957. The summed E-state index contributed by atoms with van der Waals surface area (Å²) in [5.74, 6) is 0.128. The van der Waals surface area contributed by atoms with Gasteiger partial charge >= 0.3 is 0 Å². The lowest BCUT2D eigenvalue weighted by Crippen LogP contribution is -2.38. The maximum Gasteiger partial charge on any atom is 0.236 e. The molecule has 3 aromatic heterocycles. The topological polar surface area (TPSA) is 87.2 Å². The van der Waals surface area contributed by atoms with Gasteiger partial charge in [0.05, 0.1) is 17.8 Å². The molecule has 1 unspecified atom stereocenters. The molecule has 3 aromatic rings. The molecule has 4 rings (SSSR count). The minimum absolute atomic E-state index is 0.0573. The van der Waals surface area contributed by atoms with Crippen molar-refractivity contribution in [3.63, 3.8) is 0 Å². The van der Waals surface area contributed by atoms with Crippen molar-refractivity contribution in [1.82, 2.24) is 24.5 Å². The highest BCUT2D eigenvalue weighted by Crippen LogP contribution is 2.33. The number of carbonyl (C=O) groups excluding carboxylic acids is 1. The molecule has 0 radical (unpaired) electrons. The molecule has 1 fully saturated rings. The average Bonchev–Trinajstić information content (AvgIpc) is 3.10. The summed E-state index contributed by atoms with van der Waals surface area (Å²) in [4.78, 5) is 22.6. The van der Waals surface area contributed by atoms with Gasteiger partial charge in [-0.25, -0.2) is 14.5 Å². The van der Waals surface area contributed by atoms with Crippen molar-refractivity contribution >= 4 is 22.5 Å². The maximum absolute atomic E-state index is 12.1. The molecule has 1 atom stereocenters. The highest BCUT2D eigenvalue weighted by Gasteiger charge is 2.26. The van der Waals surface area contributed by atoms with E-state index in [4.69, 9.17) is 5.26 Å². The molecule has 1 aliphatic heterocycles. The molecular formula is C17H16N6O. The van der Waals surface area contributed by atoms with Gasteiger partial charge in [-0.2, -0.15) is 10.4 Å². The first kappa shape index (κ1) is 14.6. The summed E-state index contributed by atoms with van der Waals surface area (Å²) in [7, 11) is 0. The van der Waals surface area contributed by atoms with Crippen LogP contribution in [0.2, 0.25) is 0 Å². The largest absolute Gasteiger partial charge is 0.341 e. The smallest absolute Gasteiger partial charge is 0.236 e. The quantitative estimate of drug-likeness (QED) is 0.719. The molecule has 4 heterocycles. The Morgan fingerprint density at radius 2 is 2.25 bits per heavy atom. The van der Waals surface area contributed by atoms with Crippen LogP contribution in [0.5, 0.6) is 0 Å². The van der Waals surface area contributed by atoms with Crippen molar-refractivity contribution in [3.05, 3.63) is 36.4 Å². The summed E-state index contributed by atoms with van der Waals surface area (Å²) >= 11 is 0. The Kier molecular flexibility index (Phi) is 3.58. The van der Waals surface area contributed by atoms with E-state index in [0.29, 0.717) is 12.2 Å². The number of nitriles is 1. The molecule has 0 aromatic carbocycles. The molecule has 24 heavy (non-hydrogen) atoms. The number of rotatable bonds is 2. The van der Waals surface area contributed by atoms with Crippen molar-refractivity contribution < 1.29 is 4.79 Å². The zero-order valence-corrected chi connectivity index (χ0v) is 13.1. The van der Waals surface area contributed by atoms with Gasteiger partial charge in [-0.15, -0.1) is 0 Å². The number of carbonyl (C=O) groups is 1.